The Bertz CT molecular complexity index is 245. The van der Waals surface area contributed by atoms with E-state index >= 15 is 0 Å². The third-order valence-electron chi connectivity index (χ3n) is 3.61. The van der Waals surface area contributed by atoms with Crippen LogP contribution in [0.4, 0.5) is 0 Å². The van der Waals surface area contributed by atoms with Crippen LogP contribution in [0.2, 0.25) is 0 Å². The fraction of sp³-hybridized carbons (Fsp3) is 0.800. The SMILES string of the molecule is CCCC[C@H](CC)COC(=O)[C@H]1CC=CCC1. The number of carbonyl (C=O) groups excluding carboxylic acids is 1. The maximum absolute atomic E-state index is 11.8. The van der Waals surface area contributed by atoms with Crippen molar-refractivity contribution < 1.29 is 9.53 Å². The zero-order chi connectivity index (χ0) is 12.5. The van der Waals surface area contributed by atoms with E-state index in [1.54, 1.807) is 0 Å². The summed E-state index contributed by atoms with van der Waals surface area (Å²) in [4.78, 5) is 11.8. The molecule has 2 atom stereocenters. The standard InChI is InChI=1S/C15H26O2/c1-3-5-9-13(4-2)12-17-15(16)14-10-7-6-8-11-14/h6-7,13-14H,3-5,8-12H2,1-2H3/t13-,14-/m0/s1. The molecule has 2 heteroatoms. The molecule has 1 aliphatic rings. The molecule has 0 saturated heterocycles. The first-order valence-corrected chi connectivity index (χ1v) is 7.09. The van der Waals surface area contributed by atoms with Crippen LogP contribution in [-0.4, -0.2) is 12.6 Å². The van der Waals surface area contributed by atoms with E-state index in [-0.39, 0.29) is 11.9 Å². The molecule has 0 spiro atoms. The topological polar surface area (TPSA) is 26.3 Å². The van der Waals surface area contributed by atoms with Crippen LogP contribution in [0.25, 0.3) is 0 Å². The average molecular weight is 238 g/mol. The zero-order valence-corrected chi connectivity index (χ0v) is 11.3. The molecule has 17 heavy (non-hydrogen) atoms. The smallest absolute Gasteiger partial charge is 0.309 e. The molecule has 0 aromatic rings. The quantitative estimate of drug-likeness (QED) is 0.493. The fourth-order valence-corrected chi connectivity index (χ4v) is 2.22. The summed E-state index contributed by atoms with van der Waals surface area (Å²) in [7, 11) is 0. The second-order valence-electron chi connectivity index (χ2n) is 5.03. The van der Waals surface area contributed by atoms with E-state index < -0.39 is 0 Å². The zero-order valence-electron chi connectivity index (χ0n) is 11.3. The van der Waals surface area contributed by atoms with Gasteiger partial charge in [-0.15, -0.1) is 0 Å². The van der Waals surface area contributed by atoms with E-state index in [0.717, 1.165) is 25.7 Å². The lowest BCUT2D eigenvalue weighted by molar-refractivity contribution is -0.150. The van der Waals surface area contributed by atoms with E-state index in [0.29, 0.717) is 12.5 Å². The Morgan fingerprint density at radius 2 is 2.24 bits per heavy atom. The molecule has 0 bridgehead atoms. The number of unbranched alkanes of at least 4 members (excludes halogenated alkanes) is 1. The number of allylic oxidation sites excluding steroid dienone is 2. The molecule has 0 fully saturated rings. The van der Waals surface area contributed by atoms with Gasteiger partial charge in [-0.25, -0.2) is 0 Å². The van der Waals surface area contributed by atoms with Crippen LogP contribution < -0.4 is 0 Å². The van der Waals surface area contributed by atoms with Gasteiger partial charge in [0.1, 0.15) is 0 Å². The Kier molecular flexibility index (Phi) is 6.99. The van der Waals surface area contributed by atoms with Crippen LogP contribution in [0, 0.1) is 11.8 Å². The summed E-state index contributed by atoms with van der Waals surface area (Å²) in [6.07, 6.45) is 11.9. The molecule has 0 saturated carbocycles. The molecular formula is C15H26O2. The Labute approximate surface area is 105 Å². The first kappa shape index (κ1) is 14.3. The van der Waals surface area contributed by atoms with Crippen molar-refractivity contribution in [2.45, 2.75) is 58.8 Å². The molecular weight excluding hydrogens is 212 g/mol. The van der Waals surface area contributed by atoms with Gasteiger partial charge in [0.05, 0.1) is 12.5 Å². The average Bonchev–Trinajstić information content (AvgIpc) is 2.39. The van der Waals surface area contributed by atoms with Gasteiger partial charge in [-0.2, -0.15) is 0 Å². The monoisotopic (exact) mass is 238 g/mol. The van der Waals surface area contributed by atoms with E-state index in [9.17, 15) is 4.79 Å². The van der Waals surface area contributed by atoms with Crippen molar-refractivity contribution in [2.24, 2.45) is 11.8 Å². The van der Waals surface area contributed by atoms with E-state index in [4.69, 9.17) is 4.74 Å². The van der Waals surface area contributed by atoms with Crippen molar-refractivity contribution >= 4 is 5.97 Å². The van der Waals surface area contributed by atoms with Crippen molar-refractivity contribution in [2.75, 3.05) is 6.61 Å². The highest BCUT2D eigenvalue weighted by atomic mass is 16.5. The maximum Gasteiger partial charge on any atom is 0.309 e. The van der Waals surface area contributed by atoms with Crippen molar-refractivity contribution in [3.8, 4) is 0 Å². The minimum Gasteiger partial charge on any atom is -0.465 e. The lowest BCUT2D eigenvalue weighted by atomic mass is 9.94. The lowest BCUT2D eigenvalue weighted by Gasteiger charge is -2.19. The highest BCUT2D eigenvalue weighted by Gasteiger charge is 2.21. The first-order chi connectivity index (χ1) is 8.27. The van der Waals surface area contributed by atoms with Crippen molar-refractivity contribution in [3.63, 3.8) is 0 Å². The number of ether oxygens (including phenoxy) is 1. The van der Waals surface area contributed by atoms with E-state index in [1.807, 2.05) is 0 Å². The van der Waals surface area contributed by atoms with Gasteiger partial charge < -0.3 is 4.74 Å². The molecule has 0 aliphatic heterocycles. The molecule has 1 aliphatic carbocycles. The summed E-state index contributed by atoms with van der Waals surface area (Å²) >= 11 is 0. The molecule has 0 heterocycles. The Morgan fingerprint density at radius 1 is 1.41 bits per heavy atom. The third-order valence-corrected chi connectivity index (χ3v) is 3.61. The highest BCUT2D eigenvalue weighted by molar-refractivity contribution is 5.72. The summed E-state index contributed by atoms with van der Waals surface area (Å²) in [6, 6.07) is 0. The molecule has 2 nitrogen and oxygen atoms in total. The second kappa shape index (κ2) is 8.32. The fourth-order valence-electron chi connectivity index (χ4n) is 2.22. The number of carbonyl (C=O) groups is 1. The second-order valence-corrected chi connectivity index (χ2v) is 5.03. The van der Waals surface area contributed by atoms with Crippen LogP contribution in [0.15, 0.2) is 12.2 Å². The van der Waals surface area contributed by atoms with Crippen molar-refractivity contribution in [1.29, 1.82) is 0 Å². The molecule has 0 N–H and O–H groups in total. The Hall–Kier alpha value is -0.790. The summed E-state index contributed by atoms with van der Waals surface area (Å²) in [5, 5.41) is 0. The van der Waals surface area contributed by atoms with Gasteiger partial charge in [-0.1, -0.05) is 45.3 Å². The van der Waals surface area contributed by atoms with Crippen LogP contribution in [0.1, 0.15) is 58.8 Å². The normalized spacial score (nSPS) is 21.2. The van der Waals surface area contributed by atoms with Crippen molar-refractivity contribution in [3.05, 3.63) is 12.2 Å². The minimum absolute atomic E-state index is 0.0179. The number of esters is 1. The summed E-state index contributed by atoms with van der Waals surface area (Å²) < 4.78 is 5.46. The molecule has 0 unspecified atom stereocenters. The highest BCUT2D eigenvalue weighted by Crippen LogP contribution is 2.20. The number of hydrogen-bond acceptors (Lipinski definition) is 2. The predicted octanol–water partition coefficient (Wildman–Crippen LogP) is 4.10. The Balaban J connectivity index is 2.23. The van der Waals surface area contributed by atoms with Crippen LogP contribution >= 0.6 is 0 Å². The number of rotatable bonds is 7. The minimum atomic E-state index is 0.0179. The Morgan fingerprint density at radius 3 is 2.82 bits per heavy atom. The lowest BCUT2D eigenvalue weighted by Crippen LogP contribution is -2.22. The van der Waals surface area contributed by atoms with Gasteiger partial charge >= 0.3 is 5.97 Å². The molecule has 1 rings (SSSR count). The van der Waals surface area contributed by atoms with Crippen molar-refractivity contribution in [1.82, 2.24) is 0 Å². The number of hydrogen-bond donors (Lipinski definition) is 0. The third kappa shape index (κ3) is 5.38. The van der Waals surface area contributed by atoms with Gasteiger partial charge in [-0.05, 0) is 31.6 Å². The summed E-state index contributed by atoms with van der Waals surface area (Å²) in [5.41, 5.74) is 0. The van der Waals surface area contributed by atoms with Gasteiger partial charge in [0, 0.05) is 0 Å². The van der Waals surface area contributed by atoms with E-state index in [2.05, 4.69) is 26.0 Å². The van der Waals surface area contributed by atoms with Crippen LogP contribution in [-0.2, 0) is 9.53 Å². The maximum atomic E-state index is 11.8. The van der Waals surface area contributed by atoms with Crippen LogP contribution in [0.3, 0.4) is 0 Å². The largest absolute Gasteiger partial charge is 0.465 e. The molecule has 0 aromatic carbocycles. The molecule has 0 radical (unpaired) electrons. The van der Waals surface area contributed by atoms with Gasteiger partial charge in [0.25, 0.3) is 0 Å². The molecule has 0 aromatic heterocycles. The van der Waals surface area contributed by atoms with E-state index in [1.165, 1.54) is 19.3 Å². The summed E-state index contributed by atoms with van der Waals surface area (Å²) in [5.74, 6) is 0.686. The summed E-state index contributed by atoms with van der Waals surface area (Å²) in [6.45, 7) is 5.00. The van der Waals surface area contributed by atoms with Gasteiger partial charge in [-0.3, -0.25) is 4.79 Å². The van der Waals surface area contributed by atoms with Crippen LogP contribution in [0.5, 0.6) is 0 Å². The molecule has 98 valence electrons. The van der Waals surface area contributed by atoms with Gasteiger partial charge in [0.2, 0.25) is 0 Å². The predicted molar refractivity (Wildman–Crippen MR) is 70.7 cm³/mol. The van der Waals surface area contributed by atoms with Gasteiger partial charge in [0.15, 0.2) is 0 Å². The molecule has 0 amide bonds. The first-order valence-electron chi connectivity index (χ1n) is 7.09.